The lowest BCUT2D eigenvalue weighted by molar-refractivity contribution is -0.142. The highest BCUT2D eigenvalue weighted by molar-refractivity contribution is 6.31. The van der Waals surface area contributed by atoms with Gasteiger partial charge in [0, 0.05) is 6.54 Å². The van der Waals surface area contributed by atoms with E-state index in [9.17, 15) is 14.4 Å². The summed E-state index contributed by atoms with van der Waals surface area (Å²) in [5, 5.41) is 2.75. The Hall–Kier alpha value is -1.82. The second-order valence-corrected chi connectivity index (χ2v) is 4.49. The van der Waals surface area contributed by atoms with Crippen LogP contribution in [0, 0.1) is 0 Å². The molecule has 6 nitrogen and oxygen atoms in total. The maximum Gasteiger partial charge on any atom is 0.313 e. The van der Waals surface area contributed by atoms with Gasteiger partial charge in [-0.15, -0.1) is 0 Å². The van der Waals surface area contributed by atoms with Gasteiger partial charge in [-0.05, 0) is 19.4 Å². The molecule has 0 bridgehead atoms. The van der Waals surface area contributed by atoms with Gasteiger partial charge in [-0.3, -0.25) is 14.4 Å². The van der Waals surface area contributed by atoms with Crippen molar-refractivity contribution >= 4 is 29.2 Å². The molecule has 1 heterocycles. The minimum Gasteiger partial charge on any atom is -0.465 e. The third kappa shape index (κ3) is 4.38. The number of nitrogens with one attached hydrogen (secondary N) is 2. The van der Waals surface area contributed by atoms with E-state index in [1.807, 2.05) is 13.8 Å². The number of aromatic amines is 1. The van der Waals surface area contributed by atoms with E-state index in [0.29, 0.717) is 13.0 Å². The summed E-state index contributed by atoms with van der Waals surface area (Å²) in [6, 6.07) is 1.26. The van der Waals surface area contributed by atoms with Gasteiger partial charge in [-0.25, -0.2) is 0 Å². The van der Waals surface area contributed by atoms with Gasteiger partial charge in [-0.2, -0.15) is 0 Å². The maximum atomic E-state index is 12.1. The molecule has 0 spiro atoms. The lowest BCUT2D eigenvalue weighted by Crippen LogP contribution is -2.18. The van der Waals surface area contributed by atoms with Crippen molar-refractivity contribution in [1.29, 1.82) is 0 Å². The largest absolute Gasteiger partial charge is 0.465 e. The average Bonchev–Trinajstić information content (AvgIpc) is 2.40. The zero-order valence-corrected chi connectivity index (χ0v) is 12.2. The summed E-state index contributed by atoms with van der Waals surface area (Å²) >= 11 is 5.71. The number of anilines is 1. The van der Waals surface area contributed by atoms with Crippen LogP contribution < -0.4 is 10.9 Å². The van der Waals surface area contributed by atoms with Gasteiger partial charge in [0.05, 0.1) is 12.2 Å². The summed E-state index contributed by atoms with van der Waals surface area (Å²) in [6.45, 7) is 4.47. The number of pyridine rings is 1. The number of aromatic nitrogens is 1. The van der Waals surface area contributed by atoms with Gasteiger partial charge in [-0.1, -0.05) is 18.5 Å². The molecule has 0 fully saturated rings. The Bertz CT molecular complexity index is 554. The molecule has 1 aromatic heterocycles. The third-order valence-electron chi connectivity index (χ3n) is 2.42. The van der Waals surface area contributed by atoms with Crippen molar-refractivity contribution < 1.29 is 14.3 Å². The molecule has 20 heavy (non-hydrogen) atoms. The molecule has 0 unspecified atom stereocenters. The third-order valence-corrected chi connectivity index (χ3v) is 2.70. The number of rotatable bonds is 7. The number of esters is 1. The van der Waals surface area contributed by atoms with Crippen LogP contribution in [0.5, 0.6) is 0 Å². The molecule has 7 heteroatoms. The zero-order valence-electron chi connectivity index (χ0n) is 11.4. The summed E-state index contributed by atoms with van der Waals surface area (Å²) in [5.41, 5.74) is -0.322. The molecule has 0 aliphatic rings. The fourth-order valence-electron chi connectivity index (χ4n) is 1.53. The van der Waals surface area contributed by atoms with Crippen molar-refractivity contribution in [3.63, 3.8) is 0 Å². The van der Waals surface area contributed by atoms with Crippen LogP contribution in [0.25, 0.3) is 0 Å². The Balaban J connectivity index is 2.93. The number of carbonyl (C=O) groups excluding carboxylic acids is 2. The lowest BCUT2D eigenvalue weighted by atomic mass is 10.1. The minimum absolute atomic E-state index is 0.100. The quantitative estimate of drug-likeness (QED) is 0.457. The molecular formula is C13H17ClN2O4. The van der Waals surface area contributed by atoms with Crippen LogP contribution in [0.3, 0.4) is 0 Å². The molecule has 0 radical (unpaired) electrons. The van der Waals surface area contributed by atoms with E-state index in [-0.39, 0.29) is 29.4 Å². The van der Waals surface area contributed by atoms with Gasteiger partial charge >= 0.3 is 5.97 Å². The molecule has 0 aliphatic carbocycles. The predicted molar refractivity (Wildman–Crippen MR) is 76.4 cm³/mol. The molecule has 0 saturated heterocycles. The van der Waals surface area contributed by atoms with Crippen molar-refractivity contribution in [2.45, 2.75) is 26.7 Å². The van der Waals surface area contributed by atoms with Gasteiger partial charge < -0.3 is 15.0 Å². The molecule has 0 saturated carbocycles. The molecule has 0 amide bonds. The molecule has 0 atom stereocenters. The zero-order chi connectivity index (χ0) is 15.1. The van der Waals surface area contributed by atoms with Crippen LogP contribution in [-0.4, -0.2) is 29.9 Å². The van der Waals surface area contributed by atoms with Crippen LogP contribution in [0.1, 0.15) is 37.0 Å². The molecule has 0 aromatic carbocycles. The van der Waals surface area contributed by atoms with E-state index in [4.69, 9.17) is 16.3 Å². The van der Waals surface area contributed by atoms with E-state index in [0.717, 1.165) is 0 Å². The smallest absolute Gasteiger partial charge is 0.313 e. The Labute approximate surface area is 121 Å². The fourth-order valence-corrected chi connectivity index (χ4v) is 1.69. The van der Waals surface area contributed by atoms with Gasteiger partial charge in [0.2, 0.25) is 0 Å². The Morgan fingerprint density at radius 2 is 2.10 bits per heavy atom. The first-order chi connectivity index (χ1) is 9.49. The number of H-pyrrole nitrogens is 1. The summed E-state index contributed by atoms with van der Waals surface area (Å²) in [4.78, 5) is 37.4. The maximum absolute atomic E-state index is 12.1. The second kappa shape index (κ2) is 7.69. The number of hydrogen-bond donors (Lipinski definition) is 2. The fraction of sp³-hybridized carbons (Fsp3) is 0.462. The first kappa shape index (κ1) is 16.2. The standard InChI is InChI=1S/C13H17ClN2O4/c1-3-5-20-11(18)7-10(17)8-6-9(14)13(19)16-12(8)15-4-2/h6H,3-5,7H2,1-2H3,(H2,15,16,19). The highest BCUT2D eigenvalue weighted by Gasteiger charge is 2.18. The van der Waals surface area contributed by atoms with Gasteiger partial charge in [0.1, 0.15) is 17.3 Å². The van der Waals surface area contributed by atoms with Crippen LogP contribution in [-0.2, 0) is 9.53 Å². The molecule has 1 aromatic rings. The Kier molecular flexibility index (Phi) is 6.24. The second-order valence-electron chi connectivity index (χ2n) is 4.09. The summed E-state index contributed by atoms with van der Waals surface area (Å²) < 4.78 is 4.85. The summed E-state index contributed by atoms with van der Waals surface area (Å²) in [6.07, 6.45) is 0.299. The number of carbonyl (C=O) groups is 2. The first-order valence-electron chi connectivity index (χ1n) is 6.35. The van der Waals surface area contributed by atoms with Crippen molar-refractivity contribution in [3.05, 3.63) is 27.0 Å². The van der Waals surface area contributed by atoms with E-state index in [2.05, 4.69) is 10.3 Å². The van der Waals surface area contributed by atoms with Gasteiger partial charge in [0.15, 0.2) is 5.78 Å². The number of hydrogen-bond acceptors (Lipinski definition) is 5. The number of Topliss-reactive ketones (excluding diaryl/α,β-unsaturated/α-hetero) is 1. The minimum atomic E-state index is -0.596. The van der Waals surface area contributed by atoms with Crippen molar-refractivity contribution in [2.24, 2.45) is 0 Å². The van der Waals surface area contributed by atoms with E-state index in [1.165, 1.54) is 6.07 Å². The van der Waals surface area contributed by atoms with Crippen molar-refractivity contribution in [2.75, 3.05) is 18.5 Å². The van der Waals surface area contributed by atoms with Crippen molar-refractivity contribution in [3.8, 4) is 0 Å². The van der Waals surface area contributed by atoms with Gasteiger partial charge in [0.25, 0.3) is 5.56 Å². The summed E-state index contributed by atoms with van der Waals surface area (Å²) in [7, 11) is 0. The molecular weight excluding hydrogens is 284 g/mol. The highest BCUT2D eigenvalue weighted by atomic mass is 35.5. The predicted octanol–water partition coefficient (Wildman–Crippen LogP) is 1.99. The van der Waals surface area contributed by atoms with Crippen LogP contribution in [0.15, 0.2) is 10.9 Å². The van der Waals surface area contributed by atoms with E-state index in [1.54, 1.807) is 0 Å². The van der Waals surface area contributed by atoms with E-state index < -0.39 is 17.3 Å². The summed E-state index contributed by atoms with van der Waals surface area (Å²) in [5.74, 6) is -0.794. The number of ketones is 1. The molecule has 110 valence electrons. The number of halogens is 1. The monoisotopic (exact) mass is 300 g/mol. The van der Waals surface area contributed by atoms with Crippen LogP contribution in [0.4, 0.5) is 5.82 Å². The molecule has 1 rings (SSSR count). The number of ether oxygens (including phenoxy) is 1. The molecule has 0 aliphatic heterocycles. The first-order valence-corrected chi connectivity index (χ1v) is 6.72. The normalized spacial score (nSPS) is 10.2. The van der Waals surface area contributed by atoms with E-state index >= 15 is 0 Å². The topological polar surface area (TPSA) is 88.3 Å². The lowest BCUT2D eigenvalue weighted by Gasteiger charge is -2.10. The Morgan fingerprint density at radius 1 is 1.40 bits per heavy atom. The molecule has 2 N–H and O–H groups in total. The van der Waals surface area contributed by atoms with Crippen molar-refractivity contribution in [1.82, 2.24) is 4.98 Å². The van der Waals surface area contributed by atoms with Crippen LogP contribution >= 0.6 is 11.6 Å². The Morgan fingerprint density at radius 3 is 2.70 bits per heavy atom. The van der Waals surface area contributed by atoms with Crippen LogP contribution in [0.2, 0.25) is 5.02 Å². The highest BCUT2D eigenvalue weighted by Crippen LogP contribution is 2.16. The average molecular weight is 301 g/mol. The SMILES string of the molecule is CCCOC(=O)CC(=O)c1cc(Cl)c(=O)[nH]c1NCC.